The van der Waals surface area contributed by atoms with E-state index in [9.17, 15) is 4.79 Å². The quantitative estimate of drug-likeness (QED) is 0.781. The van der Waals surface area contributed by atoms with Gasteiger partial charge in [0.15, 0.2) is 11.5 Å². The summed E-state index contributed by atoms with van der Waals surface area (Å²) in [6.45, 7) is 3.85. The van der Waals surface area contributed by atoms with Crippen LogP contribution in [0.2, 0.25) is 0 Å². The first-order valence-corrected chi connectivity index (χ1v) is 6.80. The fraction of sp³-hybridized carbons (Fsp3) is 0.357. The standard InChI is InChI=1S/C14H14N4O3/c1-9-15-13-7-17(4-5-18(13)16-9)14(19)10-2-3-11-12(6-10)21-8-20-11/h2-3,6H,4-5,7-8H2,1H3. The number of rotatable bonds is 1. The zero-order chi connectivity index (χ0) is 14.4. The van der Waals surface area contributed by atoms with Gasteiger partial charge in [-0.15, -0.1) is 0 Å². The van der Waals surface area contributed by atoms with Crippen LogP contribution in [0.1, 0.15) is 22.0 Å². The molecule has 0 fully saturated rings. The predicted molar refractivity (Wildman–Crippen MR) is 72.1 cm³/mol. The van der Waals surface area contributed by atoms with E-state index < -0.39 is 0 Å². The molecule has 0 saturated carbocycles. The molecular weight excluding hydrogens is 272 g/mol. The van der Waals surface area contributed by atoms with E-state index in [-0.39, 0.29) is 12.7 Å². The number of ether oxygens (including phenoxy) is 2. The van der Waals surface area contributed by atoms with E-state index in [1.165, 1.54) is 0 Å². The maximum atomic E-state index is 12.6. The average Bonchev–Trinajstić information content (AvgIpc) is 3.09. The fourth-order valence-corrected chi connectivity index (χ4v) is 2.65. The van der Waals surface area contributed by atoms with Crippen molar-refractivity contribution in [2.24, 2.45) is 0 Å². The van der Waals surface area contributed by atoms with Crippen LogP contribution in [0.3, 0.4) is 0 Å². The number of carbonyl (C=O) groups is 1. The third kappa shape index (κ3) is 2.01. The van der Waals surface area contributed by atoms with Crippen molar-refractivity contribution >= 4 is 5.91 Å². The van der Waals surface area contributed by atoms with Crippen molar-refractivity contribution in [2.45, 2.75) is 20.0 Å². The lowest BCUT2D eigenvalue weighted by atomic mass is 10.1. The summed E-state index contributed by atoms with van der Waals surface area (Å²) in [4.78, 5) is 18.7. The minimum absolute atomic E-state index is 0.0276. The van der Waals surface area contributed by atoms with Crippen molar-refractivity contribution in [3.63, 3.8) is 0 Å². The first-order chi connectivity index (χ1) is 10.2. The van der Waals surface area contributed by atoms with Crippen molar-refractivity contribution in [3.8, 4) is 11.5 Å². The number of nitrogens with zero attached hydrogens (tertiary/aromatic N) is 4. The van der Waals surface area contributed by atoms with Crippen LogP contribution in [-0.2, 0) is 13.1 Å². The number of aromatic nitrogens is 3. The number of fused-ring (bicyclic) bond motifs is 2. The lowest BCUT2D eigenvalue weighted by Gasteiger charge is -2.26. The Morgan fingerprint density at radius 1 is 1.24 bits per heavy atom. The Balaban J connectivity index is 1.58. The van der Waals surface area contributed by atoms with Crippen molar-refractivity contribution in [1.29, 1.82) is 0 Å². The van der Waals surface area contributed by atoms with E-state index in [1.54, 1.807) is 23.1 Å². The lowest BCUT2D eigenvalue weighted by molar-refractivity contribution is 0.0702. The van der Waals surface area contributed by atoms with Crippen LogP contribution in [-0.4, -0.2) is 38.9 Å². The molecule has 21 heavy (non-hydrogen) atoms. The third-order valence-corrected chi connectivity index (χ3v) is 3.67. The van der Waals surface area contributed by atoms with Crippen LogP contribution in [0.4, 0.5) is 0 Å². The molecule has 108 valence electrons. The summed E-state index contributed by atoms with van der Waals surface area (Å²) in [5.74, 6) is 2.84. The van der Waals surface area contributed by atoms with E-state index in [1.807, 2.05) is 11.6 Å². The van der Waals surface area contributed by atoms with Gasteiger partial charge >= 0.3 is 0 Å². The van der Waals surface area contributed by atoms with Gasteiger partial charge in [-0.1, -0.05) is 0 Å². The van der Waals surface area contributed by atoms with Gasteiger partial charge in [-0.3, -0.25) is 4.79 Å². The summed E-state index contributed by atoms with van der Waals surface area (Å²) >= 11 is 0. The first kappa shape index (κ1) is 12.2. The van der Waals surface area contributed by atoms with E-state index >= 15 is 0 Å². The molecule has 0 spiro atoms. The molecule has 2 aliphatic rings. The molecule has 7 nitrogen and oxygen atoms in total. The van der Waals surface area contributed by atoms with Crippen molar-refractivity contribution in [3.05, 3.63) is 35.4 Å². The summed E-state index contributed by atoms with van der Waals surface area (Å²) in [7, 11) is 0. The first-order valence-electron chi connectivity index (χ1n) is 6.80. The number of hydrogen-bond donors (Lipinski definition) is 0. The number of aryl methyl sites for hydroxylation is 1. The minimum atomic E-state index is -0.0276. The van der Waals surface area contributed by atoms with Crippen LogP contribution >= 0.6 is 0 Å². The van der Waals surface area contributed by atoms with Crippen molar-refractivity contribution < 1.29 is 14.3 Å². The SMILES string of the molecule is Cc1nc2n(n1)CCN(C(=O)c1ccc3c(c1)OCO3)C2. The Morgan fingerprint density at radius 3 is 3.00 bits per heavy atom. The molecule has 0 atom stereocenters. The molecule has 1 amide bonds. The molecule has 0 unspecified atom stereocenters. The highest BCUT2D eigenvalue weighted by molar-refractivity contribution is 5.95. The molecule has 3 heterocycles. The molecule has 0 aliphatic carbocycles. The molecule has 2 aliphatic heterocycles. The monoisotopic (exact) mass is 286 g/mol. The van der Waals surface area contributed by atoms with Gasteiger partial charge in [0.2, 0.25) is 6.79 Å². The lowest BCUT2D eigenvalue weighted by Crippen LogP contribution is -2.38. The summed E-state index contributed by atoms with van der Waals surface area (Å²) < 4.78 is 12.4. The van der Waals surface area contributed by atoms with Gasteiger partial charge in [-0.25, -0.2) is 9.67 Å². The molecule has 0 saturated heterocycles. The second-order valence-electron chi connectivity index (χ2n) is 5.09. The van der Waals surface area contributed by atoms with Gasteiger partial charge in [0.1, 0.15) is 11.6 Å². The Kier molecular flexibility index (Phi) is 2.60. The van der Waals surface area contributed by atoms with Gasteiger partial charge in [0, 0.05) is 12.1 Å². The molecule has 4 rings (SSSR count). The zero-order valence-corrected chi connectivity index (χ0v) is 11.6. The smallest absolute Gasteiger partial charge is 0.254 e. The predicted octanol–water partition coefficient (Wildman–Crippen LogP) is 0.971. The molecule has 7 heteroatoms. The van der Waals surface area contributed by atoms with Crippen LogP contribution in [0.25, 0.3) is 0 Å². The highest BCUT2D eigenvalue weighted by Crippen LogP contribution is 2.33. The van der Waals surface area contributed by atoms with Crippen LogP contribution in [0.15, 0.2) is 18.2 Å². The van der Waals surface area contributed by atoms with E-state index in [2.05, 4.69) is 10.1 Å². The Bertz CT molecular complexity index is 725. The molecule has 1 aromatic carbocycles. The highest BCUT2D eigenvalue weighted by Gasteiger charge is 2.25. The van der Waals surface area contributed by atoms with E-state index in [0.29, 0.717) is 36.7 Å². The molecule has 2 aromatic rings. The van der Waals surface area contributed by atoms with Crippen molar-refractivity contribution in [1.82, 2.24) is 19.7 Å². The number of benzene rings is 1. The maximum absolute atomic E-state index is 12.6. The van der Waals surface area contributed by atoms with Gasteiger partial charge < -0.3 is 14.4 Å². The Labute approximate surface area is 121 Å². The molecular formula is C14H14N4O3. The average molecular weight is 286 g/mol. The topological polar surface area (TPSA) is 69.5 Å². The number of amides is 1. The third-order valence-electron chi connectivity index (χ3n) is 3.67. The second-order valence-corrected chi connectivity index (χ2v) is 5.09. The van der Waals surface area contributed by atoms with Crippen LogP contribution < -0.4 is 9.47 Å². The largest absolute Gasteiger partial charge is 0.454 e. The summed E-state index contributed by atoms with van der Waals surface area (Å²) in [6.07, 6.45) is 0. The van der Waals surface area contributed by atoms with Crippen LogP contribution in [0, 0.1) is 6.92 Å². The summed E-state index contributed by atoms with van der Waals surface area (Å²) in [5.41, 5.74) is 0.601. The fourth-order valence-electron chi connectivity index (χ4n) is 2.65. The van der Waals surface area contributed by atoms with Gasteiger partial charge in [-0.2, -0.15) is 5.10 Å². The highest BCUT2D eigenvalue weighted by atomic mass is 16.7. The number of hydrogen-bond acceptors (Lipinski definition) is 5. The molecule has 0 N–H and O–H groups in total. The molecule has 0 bridgehead atoms. The summed E-state index contributed by atoms with van der Waals surface area (Å²) in [5, 5.41) is 4.30. The van der Waals surface area contributed by atoms with Gasteiger partial charge in [0.05, 0.1) is 13.1 Å². The van der Waals surface area contributed by atoms with Crippen molar-refractivity contribution in [2.75, 3.05) is 13.3 Å². The Morgan fingerprint density at radius 2 is 2.10 bits per heavy atom. The summed E-state index contributed by atoms with van der Waals surface area (Å²) in [6, 6.07) is 5.27. The number of carbonyl (C=O) groups excluding carboxylic acids is 1. The normalized spacial score (nSPS) is 16.0. The zero-order valence-electron chi connectivity index (χ0n) is 11.6. The molecule has 1 aromatic heterocycles. The van der Waals surface area contributed by atoms with E-state index in [0.717, 1.165) is 11.6 Å². The van der Waals surface area contributed by atoms with E-state index in [4.69, 9.17) is 9.47 Å². The molecule has 0 radical (unpaired) electrons. The van der Waals surface area contributed by atoms with Gasteiger partial charge in [0.25, 0.3) is 5.91 Å². The maximum Gasteiger partial charge on any atom is 0.254 e. The minimum Gasteiger partial charge on any atom is -0.454 e. The van der Waals surface area contributed by atoms with Gasteiger partial charge in [-0.05, 0) is 25.1 Å². The second kappa shape index (κ2) is 4.47. The van der Waals surface area contributed by atoms with Crippen LogP contribution in [0.5, 0.6) is 11.5 Å². The Hall–Kier alpha value is -2.57.